The van der Waals surface area contributed by atoms with Crippen LogP contribution in [0.5, 0.6) is 0 Å². The van der Waals surface area contributed by atoms with Crippen LogP contribution in [0.3, 0.4) is 0 Å². The largest absolute Gasteiger partial charge is 0.399 e. The number of hydrogen-bond acceptors (Lipinski definition) is 3. The predicted molar refractivity (Wildman–Crippen MR) is 58.1 cm³/mol. The summed E-state index contributed by atoms with van der Waals surface area (Å²) in [6.07, 6.45) is 1.13. The molecule has 0 bridgehead atoms. The van der Waals surface area contributed by atoms with E-state index in [1.165, 1.54) is 0 Å². The molecular weight excluding hydrogens is 182 g/mol. The predicted octanol–water partition coefficient (Wildman–Crippen LogP) is 1.06. The lowest BCUT2D eigenvalue weighted by molar-refractivity contribution is 0.251. The fourth-order valence-corrected chi connectivity index (χ4v) is 3.53. The molecule has 0 rings (SSSR count). The van der Waals surface area contributed by atoms with E-state index in [9.17, 15) is 0 Å². The molecule has 0 radical (unpaired) electrons. The van der Waals surface area contributed by atoms with Crippen LogP contribution in [-0.4, -0.2) is 35.7 Å². The molecule has 0 aliphatic rings. The molecule has 80 valence electrons. The highest BCUT2D eigenvalue weighted by atomic mass is 28.3. The maximum absolute atomic E-state index is 5.37. The second-order valence-corrected chi connectivity index (χ2v) is 6.12. The molecule has 0 aliphatic carbocycles. The Labute approximate surface area is 83.7 Å². The topological polar surface area (TPSA) is 30.5 Å². The second-order valence-electron chi connectivity index (χ2n) is 3.63. The molecule has 1 N–H and O–H groups in total. The van der Waals surface area contributed by atoms with Gasteiger partial charge in [-0.25, -0.2) is 0 Å². The summed E-state index contributed by atoms with van der Waals surface area (Å²) >= 11 is 0. The van der Waals surface area contributed by atoms with Crippen molar-refractivity contribution < 1.29 is 8.85 Å². The van der Waals surface area contributed by atoms with E-state index in [-0.39, 0.29) is 0 Å². The lowest BCUT2D eigenvalue weighted by Gasteiger charge is -2.24. The molecular formula is C9H23NO2Si. The molecule has 0 fully saturated rings. The summed E-state index contributed by atoms with van der Waals surface area (Å²) in [5, 5.41) is 3.43. The molecule has 3 nitrogen and oxygen atoms in total. The normalized spacial score (nSPS) is 14.1. The first-order valence-corrected chi connectivity index (χ1v) is 6.55. The number of nitrogens with one attached hydrogen (secondary N) is 1. The van der Waals surface area contributed by atoms with Crippen molar-refractivity contribution in [2.45, 2.75) is 32.9 Å². The van der Waals surface area contributed by atoms with Crippen LogP contribution < -0.4 is 5.32 Å². The van der Waals surface area contributed by atoms with Crippen LogP contribution in [0.25, 0.3) is 0 Å². The third-order valence-corrected chi connectivity index (χ3v) is 4.08. The molecule has 0 saturated carbocycles. The Morgan fingerprint density at radius 2 is 1.77 bits per heavy atom. The highest BCUT2D eigenvalue weighted by Gasteiger charge is 2.23. The quantitative estimate of drug-likeness (QED) is 0.631. The second kappa shape index (κ2) is 7.50. The summed E-state index contributed by atoms with van der Waals surface area (Å²) in [5.74, 6) is 0.685. The summed E-state index contributed by atoms with van der Waals surface area (Å²) in [6.45, 7) is 7.54. The third kappa shape index (κ3) is 5.41. The average Bonchev–Trinajstić information content (AvgIpc) is 2.05. The molecule has 1 unspecified atom stereocenters. The molecule has 4 heteroatoms. The highest BCUT2D eigenvalue weighted by molar-refractivity contribution is 6.46. The van der Waals surface area contributed by atoms with E-state index in [4.69, 9.17) is 8.85 Å². The molecule has 0 saturated heterocycles. The van der Waals surface area contributed by atoms with Gasteiger partial charge in [-0.1, -0.05) is 20.8 Å². The van der Waals surface area contributed by atoms with Gasteiger partial charge in [0.2, 0.25) is 0 Å². The Bertz CT molecular complexity index is 118. The van der Waals surface area contributed by atoms with Crippen LogP contribution in [0, 0.1) is 5.92 Å². The third-order valence-electron chi connectivity index (χ3n) is 1.98. The zero-order valence-corrected chi connectivity index (χ0v) is 10.6. The maximum Gasteiger partial charge on any atom is 0.338 e. The molecule has 0 aliphatic heterocycles. The zero-order valence-electron chi connectivity index (χ0n) is 9.46. The van der Waals surface area contributed by atoms with Crippen molar-refractivity contribution in [1.29, 1.82) is 0 Å². The fourth-order valence-electron chi connectivity index (χ4n) is 1.49. The van der Waals surface area contributed by atoms with Crippen molar-refractivity contribution in [2.75, 3.05) is 20.8 Å². The van der Waals surface area contributed by atoms with Gasteiger partial charge in [0.25, 0.3) is 0 Å². The first-order chi connectivity index (χ1) is 6.15. The minimum Gasteiger partial charge on any atom is -0.399 e. The van der Waals surface area contributed by atoms with Crippen molar-refractivity contribution >= 4 is 9.28 Å². The summed E-state index contributed by atoms with van der Waals surface area (Å²) in [4.78, 5) is 0. The van der Waals surface area contributed by atoms with Crippen molar-refractivity contribution in [3.8, 4) is 0 Å². The van der Waals surface area contributed by atoms with E-state index in [0.717, 1.165) is 13.0 Å². The lowest BCUT2D eigenvalue weighted by atomic mass is 10.1. The van der Waals surface area contributed by atoms with Gasteiger partial charge < -0.3 is 14.2 Å². The van der Waals surface area contributed by atoms with E-state index in [1.54, 1.807) is 14.2 Å². The van der Waals surface area contributed by atoms with Crippen LogP contribution in [0.2, 0.25) is 0 Å². The van der Waals surface area contributed by atoms with Crippen LogP contribution in [0.1, 0.15) is 27.2 Å². The van der Waals surface area contributed by atoms with Gasteiger partial charge in [-0.15, -0.1) is 0 Å². The highest BCUT2D eigenvalue weighted by Crippen LogP contribution is 2.08. The van der Waals surface area contributed by atoms with Gasteiger partial charge in [-0.3, -0.25) is 0 Å². The molecule has 0 heterocycles. The minimum absolute atomic E-state index is 0.431. The standard InChI is InChI=1S/C9H23NO2Si/c1-6-10-9(7-8(2)3)13(11-4)12-5/h8-10,13H,6-7H2,1-5H3. The average molecular weight is 205 g/mol. The van der Waals surface area contributed by atoms with Gasteiger partial charge >= 0.3 is 9.28 Å². The van der Waals surface area contributed by atoms with Crippen molar-refractivity contribution in [3.05, 3.63) is 0 Å². The SMILES string of the molecule is CCNC(CC(C)C)[SiH](OC)OC. The smallest absolute Gasteiger partial charge is 0.338 e. The Morgan fingerprint density at radius 3 is 2.08 bits per heavy atom. The first-order valence-electron chi connectivity index (χ1n) is 4.94. The molecule has 0 spiro atoms. The van der Waals surface area contributed by atoms with Crippen LogP contribution in [0.15, 0.2) is 0 Å². The molecule has 0 aromatic heterocycles. The monoisotopic (exact) mass is 205 g/mol. The number of rotatable bonds is 7. The van der Waals surface area contributed by atoms with E-state index in [2.05, 4.69) is 26.1 Å². The summed E-state index contributed by atoms with van der Waals surface area (Å²) in [7, 11) is 1.99. The van der Waals surface area contributed by atoms with E-state index in [1.807, 2.05) is 0 Å². The number of hydrogen-bond donors (Lipinski definition) is 1. The molecule has 1 atom stereocenters. The van der Waals surface area contributed by atoms with Crippen LogP contribution >= 0.6 is 0 Å². The van der Waals surface area contributed by atoms with E-state index >= 15 is 0 Å². The zero-order chi connectivity index (χ0) is 10.3. The maximum atomic E-state index is 5.37. The summed E-state index contributed by atoms with van der Waals surface area (Å²) in [6, 6.07) is 0. The van der Waals surface area contributed by atoms with Gasteiger partial charge in [-0.2, -0.15) is 0 Å². The summed E-state index contributed by atoms with van der Waals surface area (Å²) in [5.41, 5.74) is 0.431. The Morgan fingerprint density at radius 1 is 1.23 bits per heavy atom. The van der Waals surface area contributed by atoms with Crippen molar-refractivity contribution in [3.63, 3.8) is 0 Å². The van der Waals surface area contributed by atoms with E-state index < -0.39 is 9.28 Å². The van der Waals surface area contributed by atoms with Gasteiger partial charge in [0, 0.05) is 19.9 Å². The molecule has 0 aromatic rings. The van der Waals surface area contributed by atoms with Crippen molar-refractivity contribution in [1.82, 2.24) is 5.32 Å². The summed E-state index contributed by atoms with van der Waals surface area (Å²) < 4.78 is 10.7. The van der Waals surface area contributed by atoms with Crippen molar-refractivity contribution in [2.24, 2.45) is 5.92 Å². The van der Waals surface area contributed by atoms with Gasteiger partial charge in [0.15, 0.2) is 0 Å². The fraction of sp³-hybridized carbons (Fsp3) is 1.00. The lowest BCUT2D eigenvalue weighted by Crippen LogP contribution is -2.46. The van der Waals surface area contributed by atoms with Crippen LogP contribution in [0.4, 0.5) is 0 Å². The first kappa shape index (κ1) is 13.1. The van der Waals surface area contributed by atoms with Crippen LogP contribution in [-0.2, 0) is 8.85 Å². The minimum atomic E-state index is -1.49. The molecule has 0 amide bonds. The van der Waals surface area contributed by atoms with Gasteiger partial charge in [-0.05, 0) is 18.9 Å². The Balaban J connectivity index is 4.03. The van der Waals surface area contributed by atoms with E-state index in [0.29, 0.717) is 11.6 Å². The van der Waals surface area contributed by atoms with Gasteiger partial charge in [0.1, 0.15) is 0 Å². The Hall–Kier alpha value is 0.0969. The molecule has 13 heavy (non-hydrogen) atoms. The Kier molecular flexibility index (Phi) is 7.55. The molecule has 0 aromatic carbocycles. The van der Waals surface area contributed by atoms with Gasteiger partial charge in [0.05, 0.1) is 0 Å².